The van der Waals surface area contributed by atoms with Crippen LogP contribution in [0.3, 0.4) is 0 Å². The van der Waals surface area contributed by atoms with Gasteiger partial charge < -0.3 is 5.11 Å². The molecule has 0 heterocycles. The SMILES string of the molecule is C=CC(=O)[C@H]1CC[C@H]2[C@@H]3CC[C@@H]4C[C@H](O)CC[C@]4(C)[C@H]3CC[C@]12C. The van der Waals surface area contributed by atoms with Crippen LogP contribution in [0.25, 0.3) is 0 Å². The number of fused-ring (bicyclic) bond motifs is 5. The first-order valence-electron chi connectivity index (χ1n) is 10.2. The maximum Gasteiger partial charge on any atom is 0.158 e. The second kappa shape index (κ2) is 5.69. The Balaban J connectivity index is 1.61. The monoisotopic (exact) mass is 330 g/mol. The molecule has 0 radical (unpaired) electrons. The van der Waals surface area contributed by atoms with E-state index >= 15 is 0 Å². The fourth-order valence-corrected chi connectivity index (χ4v) is 7.85. The zero-order valence-corrected chi connectivity index (χ0v) is 15.5. The van der Waals surface area contributed by atoms with Crippen molar-refractivity contribution in [2.45, 2.75) is 77.7 Å². The lowest BCUT2D eigenvalue weighted by Crippen LogP contribution is -2.54. The minimum atomic E-state index is -0.0606. The van der Waals surface area contributed by atoms with Gasteiger partial charge in [-0.3, -0.25) is 4.79 Å². The molecule has 4 aliphatic rings. The first kappa shape index (κ1) is 16.8. The first-order valence-corrected chi connectivity index (χ1v) is 10.2. The molecule has 0 bridgehead atoms. The third-order valence-electron chi connectivity index (χ3n) is 9.18. The zero-order chi connectivity index (χ0) is 17.1. The van der Waals surface area contributed by atoms with E-state index in [1.54, 1.807) is 6.08 Å². The molecule has 134 valence electrons. The number of carbonyl (C=O) groups is 1. The van der Waals surface area contributed by atoms with Gasteiger partial charge in [-0.15, -0.1) is 0 Å². The molecule has 0 aromatic heterocycles. The van der Waals surface area contributed by atoms with E-state index in [4.69, 9.17) is 0 Å². The Morgan fingerprint density at radius 2 is 1.71 bits per heavy atom. The zero-order valence-electron chi connectivity index (χ0n) is 15.5. The summed E-state index contributed by atoms with van der Waals surface area (Å²) < 4.78 is 0. The molecular weight excluding hydrogens is 296 g/mol. The van der Waals surface area contributed by atoms with E-state index in [0.29, 0.717) is 11.2 Å². The summed E-state index contributed by atoms with van der Waals surface area (Å²) in [5.41, 5.74) is 0.647. The highest BCUT2D eigenvalue weighted by Gasteiger charge is 2.60. The third kappa shape index (κ3) is 2.21. The largest absolute Gasteiger partial charge is 0.393 e. The van der Waals surface area contributed by atoms with Crippen LogP contribution in [-0.4, -0.2) is 17.0 Å². The van der Waals surface area contributed by atoms with Crippen LogP contribution in [0.4, 0.5) is 0 Å². The Labute approximate surface area is 147 Å². The molecule has 4 rings (SSSR count). The van der Waals surface area contributed by atoms with E-state index in [-0.39, 0.29) is 17.4 Å². The molecular formula is C22H34O2. The predicted octanol–water partition coefficient (Wildman–Crippen LogP) is 4.76. The van der Waals surface area contributed by atoms with Gasteiger partial charge in [0, 0.05) is 5.92 Å². The Hall–Kier alpha value is -0.630. The molecule has 0 aliphatic heterocycles. The van der Waals surface area contributed by atoms with Gasteiger partial charge in [-0.05, 0) is 98.4 Å². The van der Waals surface area contributed by atoms with Gasteiger partial charge in [-0.1, -0.05) is 20.4 Å². The molecule has 24 heavy (non-hydrogen) atoms. The molecule has 4 saturated carbocycles. The Morgan fingerprint density at radius 3 is 2.46 bits per heavy atom. The number of allylic oxidation sites excluding steroid dienone is 1. The summed E-state index contributed by atoms with van der Waals surface area (Å²) in [6, 6.07) is 0. The Bertz CT molecular complexity index is 540. The number of rotatable bonds is 2. The van der Waals surface area contributed by atoms with Crippen molar-refractivity contribution in [3.05, 3.63) is 12.7 Å². The average molecular weight is 331 g/mol. The maximum atomic E-state index is 12.4. The van der Waals surface area contributed by atoms with E-state index in [1.807, 2.05) is 0 Å². The molecule has 4 fully saturated rings. The van der Waals surface area contributed by atoms with Crippen molar-refractivity contribution in [1.82, 2.24) is 0 Å². The summed E-state index contributed by atoms with van der Waals surface area (Å²) in [7, 11) is 0. The molecule has 0 aromatic carbocycles. The number of ketones is 1. The molecule has 0 aromatic rings. The van der Waals surface area contributed by atoms with Gasteiger partial charge in [0.1, 0.15) is 0 Å². The van der Waals surface area contributed by atoms with Crippen LogP contribution in [0.2, 0.25) is 0 Å². The fourth-order valence-electron chi connectivity index (χ4n) is 7.85. The lowest BCUT2D eigenvalue weighted by atomic mass is 9.44. The summed E-state index contributed by atoms with van der Waals surface area (Å²) in [6.45, 7) is 8.70. The van der Waals surface area contributed by atoms with Crippen molar-refractivity contribution in [1.29, 1.82) is 0 Å². The van der Waals surface area contributed by atoms with Gasteiger partial charge in [0.15, 0.2) is 5.78 Å². The van der Waals surface area contributed by atoms with Gasteiger partial charge in [-0.25, -0.2) is 0 Å². The topological polar surface area (TPSA) is 37.3 Å². The van der Waals surface area contributed by atoms with Crippen molar-refractivity contribution in [2.24, 2.45) is 40.4 Å². The lowest BCUT2D eigenvalue weighted by Gasteiger charge is -2.60. The van der Waals surface area contributed by atoms with Crippen LogP contribution in [0.15, 0.2) is 12.7 Å². The van der Waals surface area contributed by atoms with E-state index < -0.39 is 0 Å². The van der Waals surface area contributed by atoms with Gasteiger partial charge in [0.25, 0.3) is 0 Å². The van der Waals surface area contributed by atoms with Gasteiger partial charge in [0.05, 0.1) is 6.10 Å². The summed E-state index contributed by atoms with van der Waals surface area (Å²) >= 11 is 0. The highest BCUT2D eigenvalue weighted by molar-refractivity contribution is 5.92. The second-order valence-corrected chi connectivity index (χ2v) is 9.87. The van der Waals surface area contributed by atoms with Crippen molar-refractivity contribution in [3.63, 3.8) is 0 Å². The molecule has 0 saturated heterocycles. The number of aliphatic hydroxyl groups excluding tert-OH is 1. The van der Waals surface area contributed by atoms with Crippen LogP contribution < -0.4 is 0 Å². The molecule has 1 N–H and O–H groups in total. The number of hydrogen-bond acceptors (Lipinski definition) is 2. The first-order chi connectivity index (χ1) is 11.4. The van der Waals surface area contributed by atoms with Crippen LogP contribution in [-0.2, 0) is 4.79 Å². The summed E-state index contributed by atoms with van der Waals surface area (Å²) in [5, 5.41) is 10.1. The minimum Gasteiger partial charge on any atom is -0.393 e. The maximum absolute atomic E-state index is 12.4. The van der Waals surface area contributed by atoms with Gasteiger partial charge >= 0.3 is 0 Å². The fraction of sp³-hybridized carbons (Fsp3) is 0.864. The van der Waals surface area contributed by atoms with Crippen molar-refractivity contribution in [2.75, 3.05) is 0 Å². The van der Waals surface area contributed by atoms with Crippen LogP contribution in [0, 0.1) is 40.4 Å². The Kier molecular flexibility index (Phi) is 3.99. The van der Waals surface area contributed by atoms with Crippen LogP contribution in [0.5, 0.6) is 0 Å². The molecule has 0 unspecified atom stereocenters. The standard InChI is InChI=1S/C22H34O2/c1-4-20(24)19-8-7-17-16-6-5-14-13-15(23)9-11-21(14,2)18(16)10-12-22(17,19)3/h4,14-19,23H,1,5-13H2,2-3H3/t14-,15-,16+,17+,18+,19-,21+,22+/m1/s1. The van der Waals surface area contributed by atoms with Crippen molar-refractivity contribution < 1.29 is 9.90 Å². The molecule has 2 nitrogen and oxygen atoms in total. The molecule has 0 amide bonds. The van der Waals surface area contributed by atoms with Crippen LogP contribution >= 0.6 is 0 Å². The number of carbonyl (C=O) groups excluding carboxylic acids is 1. The van der Waals surface area contributed by atoms with Crippen molar-refractivity contribution in [3.8, 4) is 0 Å². The van der Waals surface area contributed by atoms with E-state index in [0.717, 1.165) is 42.9 Å². The predicted molar refractivity (Wildman–Crippen MR) is 96.4 cm³/mol. The number of aliphatic hydroxyl groups is 1. The second-order valence-electron chi connectivity index (χ2n) is 9.87. The van der Waals surface area contributed by atoms with Crippen molar-refractivity contribution >= 4 is 5.78 Å². The summed E-state index contributed by atoms with van der Waals surface area (Å²) in [6.07, 6.45) is 12.2. The van der Waals surface area contributed by atoms with Gasteiger partial charge in [0.2, 0.25) is 0 Å². The van der Waals surface area contributed by atoms with Crippen LogP contribution in [0.1, 0.15) is 71.6 Å². The highest BCUT2D eigenvalue weighted by atomic mass is 16.3. The quantitative estimate of drug-likeness (QED) is 0.741. The van der Waals surface area contributed by atoms with E-state index in [9.17, 15) is 9.90 Å². The van der Waals surface area contributed by atoms with E-state index in [1.165, 1.54) is 38.5 Å². The molecule has 2 heteroatoms. The smallest absolute Gasteiger partial charge is 0.158 e. The Morgan fingerprint density at radius 1 is 1.00 bits per heavy atom. The minimum absolute atomic E-state index is 0.0606. The highest BCUT2D eigenvalue weighted by Crippen LogP contribution is 2.67. The van der Waals surface area contributed by atoms with Gasteiger partial charge in [-0.2, -0.15) is 0 Å². The third-order valence-corrected chi connectivity index (χ3v) is 9.18. The van der Waals surface area contributed by atoms with E-state index in [2.05, 4.69) is 20.4 Å². The molecule has 4 aliphatic carbocycles. The molecule has 8 atom stereocenters. The lowest BCUT2D eigenvalue weighted by molar-refractivity contribution is -0.136. The summed E-state index contributed by atoms with van der Waals surface area (Å²) in [4.78, 5) is 12.4. The number of hydrogen-bond donors (Lipinski definition) is 1. The normalized spacial score (nSPS) is 53.6. The average Bonchev–Trinajstić information content (AvgIpc) is 2.92. The summed E-state index contributed by atoms with van der Waals surface area (Å²) in [5.74, 6) is 3.59. The molecule has 0 spiro atoms.